The molecule has 2 fully saturated rings. The molecule has 1 saturated carbocycles. The number of carbonyl (C=O) groups is 1. The van der Waals surface area contributed by atoms with Crippen LogP contribution in [0.2, 0.25) is 0 Å². The van der Waals surface area contributed by atoms with Crippen LogP contribution in [-0.4, -0.2) is 44.9 Å². The Labute approximate surface area is 154 Å². The van der Waals surface area contributed by atoms with E-state index in [1.54, 1.807) is 0 Å². The van der Waals surface area contributed by atoms with E-state index < -0.39 is 6.10 Å². The molecule has 1 aromatic carbocycles. The molecule has 5 nitrogen and oxygen atoms in total. The van der Waals surface area contributed by atoms with Crippen LogP contribution in [0.3, 0.4) is 0 Å². The number of aliphatic hydroxyl groups excluding tert-OH is 1. The normalized spacial score (nSPS) is 23.2. The number of β-amino-alcohol motifs (C(OH)–C–C–N with tert-alkyl or cyclic N) is 1. The number of rotatable bonds is 5. The van der Waals surface area contributed by atoms with Crippen LogP contribution < -0.4 is 0 Å². The summed E-state index contributed by atoms with van der Waals surface area (Å²) < 4.78 is 1.86. The first-order valence-electron chi connectivity index (χ1n) is 9.74. The highest BCUT2D eigenvalue weighted by molar-refractivity contribution is 5.95. The van der Waals surface area contributed by atoms with Crippen molar-refractivity contribution in [3.8, 4) is 0 Å². The monoisotopic (exact) mass is 353 g/mol. The number of hydrogen-bond acceptors (Lipinski definition) is 3. The maximum atomic E-state index is 13.1. The Morgan fingerprint density at radius 3 is 2.65 bits per heavy atom. The summed E-state index contributed by atoms with van der Waals surface area (Å²) in [5, 5.41) is 15.2. The average Bonchev–Trinajstić information content (AvgIpc) is 3.42. The van der Waals surface area contributed by atoms with Gasteiger partial charge in [-0.2, -0.15) is 5.10 Å². The molecule has 1 aliphatic carbocycles. The van der Waals surface area contributed by atoms with Gasteiger partial charge in [-0.3, -0.25) is 9.48 Å². The topological polar surface area (TPSA) is 58.4 Å². The van der Waals surface area contributed by atoms with Gasteiger partial charge in [0.1, 0.15) is 0 Å². The van der Waals surface area contributed by atoms with Crippen LogP contribution in [0.25, 0.3) is 0 Å². The second kappa shape index (κ2) is 7.23. The van der Waals surface area contributed by atoms with Gasteiger partial charge < -0.3 is 10.0 Å². The molecule has 1 aromatic heterocycles. The largest absolute Gasteiger partial charge is 0.391 e. The minimum atomic E-state index is -0.474. The second-order valence-corrected chi connectivity index (χ2v) is 7.61. The number of carbonyl (C=O) groups excluding carboxylic acids is 1. The van der Waals surface area contributed by atoms with Gasteiger partial charge in [0.25, 0.3) is 5.91 Å². The number of aryl methyl sites for hydroxylation is 1. The van der Waals surface area contributed by atoms with Gasteiger partial charge in [-0.25, -0.2) is 0 Å². The molecule has 1 N–H and O–H groups in total. The first-order valence-corrected chi connectivity index (χ1v) is 9.74. The zero-order valence-electron chi connectivity index (χ0n) is 15.3. The SMILES string of the molecule is CCn1cc(C(=O)N2CC[C@H](Cc3ccccc3)[C@@H](O)C2)c(C2CC2)n1. The van der Waals surface area contributed by atoms with Crippen LogP contribution in [0, 0.1) is 5.92 Å². The van der Waals surface area contributed by atoms with Crippen LogP contribution in [0.1, 0.15) is 53.7 Å². The zero-order chi connectivity index (χ0) is 18.1. The van der Waals surface area contributed by atoms with Gasteiger partial charge in [0, 0.05) is 31.7 Å². The number of amides is 1. The van der Waals surface area contributed by atoms with E-state index in [2.05, 4.69) is 17.2 Å². The third-order valence-corrected chi connectivity index (χ3v) is 5.66. The van der Waals surface area contributed by atoms with Crippen molar-refractivity contribution in [3.63, 3.8) is 0 Å². The molecule has 2 atom stereocenters. The molecule has 26 heavy (non-hydrogen) atoms. The van der Waals surface area contributed by atoms with Crippen molar-refractivity contribution in [2.75, 3.05) is 13.1 Å². The van der Waals surface area contributed by atoms with E-state index in [1.807, 2.05) is 40.9 Å². The van der Waals surface area contributed by atoms with E-state index in [-0.39, 0.29) is 11.8 Å². The Bertz CT molecular complexity index is 767. The summed E-state index contributed by atoms with van der Waals surface area (Å²) in [7, 11) is 0. The molecule has 5 heteroatoms. The first kappa shape index (κ1) is 17.3. The van der Waals surface area contributed by atoms with Gasteiger partial charge in [0.2, 0.25) is 0 Å². The smallest absolute Gasteiger partial charge is 0.257 e. The summed E-state index contributed by atoms with van der Waals surface area (Å²) >= 11 is 0. The molecule has 0 unspecified atom stereocenters. The van der Waals surface area contributed by atoms with Gasteiger partial charge in [-0.05, 0) is 44.1 Å². The standard InChI is InChI=1S/C21H27N3O2/c1-2-24-13-18(20(22-24)16-8-9-16)21(26)23-11-10-17(19(25)14-23)12-15-6-4-3-5-7-15/h3-7,13,16-17,19,25H,2,8-12,14H2,1H3/t17-,19+/m1/s1. The van der Waals surface area contributed by atoms with Crippen LogP contribution in [-0.2, 0) is 13.0 Å². The van der Waals surface area contributed by atoms with Crippen LogP contribution >= 0.6 is 0 Å². The van der Waals surface area contributed by atoms with Gasteiger partial charge in [0.05, 0.1) is 17.4 Å². The molecule has 1 aliphatic heterocycles. The maximum Gasteiger partial charge on any atom is 0.257 e. The maximum absolute atomic E-state index is 13.1. The highest BCUT2D eigenvalue weighted by atomic mass is 16.3. The lowest BCUT2D eigenvalue weighted by molar-refractivity contribution is 0.0197. The Hall–Kier alpha value is -2.14. The summed E-state index contributed by atoms with van der Waals surface area (Å²) in [4.78, 5) is 14.9. The molecule has 2 aliphatic rings. The van der Waals surface area contributed by atoms with Gasteiger partial charge in [-0.15, -0.1) is 0 Å². The van der Waals surface area contributed by atoms with Crippen molar-refractivity contribution in [1.29, 1.82) is 0 Å². The van der Waals surface area contributed by atoms with E-state index in [0.717, 1.165) is 43.5 Å². The van der Waals surface area contributed by atoms with E-state index >= 15 is 0 Å². The zero-order valence-corrected chi connectivity index (χ0v) is 15.3. The molecule has 0 spiro atoms. The fraction of sp³-hybridized carbons (Fsp3) is 0.524. The van der Waals surface area contributed by atoms with Crippen LogP contribution in [0.5, 0.6) is 0 Å². The molecule has 4 rings (SSSR count). The molecule has 2 aromatic rings. The Morgan fingerprint density at radius 1 is 1.23 bits per heavy atom. The van der Waals surface area contributed by atoms with Crippen molar-refractivity contribution < 1.29 is 9.90 Å². The van der Waals surface area contributed by atoms with Crippen LogP contribution in [0.4, 0.5) is 0 Å². The van der Waals surface area contributed by atoms with E-state index in [1.165, 1.54) is 5.56 Å². The highest BCUT2D eigenvalue weighted by Crippen LogP contribution is 2.41. The van der Waals surface area contributed by atoms with Crippen LogP contribution in [0.15, 0.2) is 36.5 Å². The highest BCUT2D eigenvalue weighted by Gasteiger charge is 2.35. The lowest BCUT2D eigenvalue weighted by Gasteiger charge is -2.36. The molecular weight excluding hydrogens is 326 g/mol. The van der Waals surface area contributed by atoms with Gasteiger partial charge in [0.15, 0.2) is 0 Å². The molecule has 138 valence electrons. The van der Waals surface area contributed by atoms with E-state index in [9.17, 15) is 9.90 Å². The third-order valence-electron chi connectivity index (χ3n) is 5.66. The fourth-order valence-electron chi connectivity index (χ4n) is 3.91. The Kier molecular flexibility index (Phi) is 4.81. The molecule has 2 heterocycles. The van der Waals surface area contributed by atoms with Crippen molar-refractivity contribution in [2.45, 2.75) is 51.2 Å². The number of aromatic nitrogens is 2. The number of piperidine rings is 1. The summed E-state index contributed by atoms with van der Waals surface area (Å²) in [6.07, 6.45) is 5.37. The summed E-state index contributed by atoms with van der Waals surface area (Å²) in [5.74, 6) is 0.689. The van der Waals surface area contributed by atoms with Crippen molar-refractivity contribution in [1.82, 2.24) is 14.7 Å². The number of aliphatic hydroxyl groups is 1. The summed E-state index contributed by atoms with van der Waals surface area (Å²) in [6.45, 7) is 3.93. The number of likely N-dealkylation sites (tertiary alicyclic amines) is 1. The number of nitrogens with zero attached hydrogens (tertiary/aromatic N) is 3. The summed E-state index contributed by atoms with van der Waals surface area (Å²) in [6, 6.07) is 10.3. The van der Waals surface area contributed by atoms with E-state index in [0.29, 0.717) is 19.0 Å². The van der Waals surface area contributed by atoms with Crippen molar-refractivity contribution in [2.24, 2.45) is 5.92 Å². The quantitative estimate of drug-likeness (QED) is 0.899. The molecule has 1 saturated heterocycles. The van der Waals surface area contributed by atoms with E-state index in [4.69, 9.17) is 0 Å². The average molecular weight is 353 g/mol. The predicted octanol–water partition coefficient (Wildman–Crippen LogP) is 2.85. The van der Waals surface area contributed by atoms with Gasteiger partial charge in [-0.1, -0.05) is 30.3 Å². The molecule has 1 amide bonds. The summed E-state index contributed by atoms with van der Waals surface area (Å²) in [5.41, 5.74) is 2.94. The Morgan fingerprint density at radius 2 is 2.00 bits per heavy atom. The lowest BCUT2D eigenvalue weighted by atomic mass is 9.87. The molecule has 0 radical (unpaired) electrons. The molecule has 0 bridgehead atoms. The van der Waals surface area contributed by atoms with Crippen molar-refractivity contribution in [3.05, 3.63) is 53.3 Å². The number of hydrogen-bond donors (Lipinski definition) is 1. The third kappa shape index (κ3) is 3.54. The second-order valence-electron chi connectivity index (χ2n) is 7.61. The Balaban J connectivity index is 1.44. The lowest BCUT2D eigenvalue weighted by Crippen LogP contribution is -2.47. The predicted molar refractivity (Wildman–Crippen MR) is 100 cm³/mol. The minimum Gasteiger partial charge on any atom is -0.391 e. The molecular formula is C21H27N3O2. The van der Waals surface area contributed by atoms with Crippen molar-refractivity contribution >= 4 is 5.91 Å². The number of benzene rings is 1. The first-order chi connectivity index (χ1) is 12.7. The van der Waals surface area contributed by atoms with Gasteiger partial charge >= 0.3 is 0 Å². The fourth-order valence-corrected chi connectivity index (χ4v) is 3.91. The minimum absolute atomic E-state index is 0.0313.